The van der Waals surface area contributed by atoms with E-state index in [1.54, 1.807) is 13.0 Å². The highest BCUT2D eigenvalue weighted by Gasteiger charge is 2.19. The molecule has 3 nitrogen and oxygen atoms in total. The van der Waals surface area contributed by atoms with Crippen LogP contribution >= 0.6 is 11.6 Å². The lowest BCUT2D eigenvalue weighted by atomic mass is 10.1. The van der Waals surface area contributed by atoms with Crippen LogP contribution in [0.15, 0.2) is 6.07 Å². The van der Waals surface area contributed by atoms with Crippen molar-refractivity contribution in [2.75, 3.05) is 18.0 Å². The van der Waals surface area contributed by atoms with Crippen LogP contribution in [0.1, 0.15) is 18.7 Å². The first-order valence-electron chi connectivity index (χ1n) is 5.05. The summed E-state index contributed by atoms with van der Waals surface area (Å²) in [6.07, 6.45) is 0.473. The Morgan fingerprint density at radius 3 is 2.67 bits per heavy atom. The van der Waals surface area contributed by atoms with Gasteiger partial charge in [0.2, 0.25) is 0 Å². The van der Waals surface area contributed by atoms with Crippen molar-refractivity contribution < 1.29 is 4.39 Å². The predicted molar refractivity (Wildman–Crippen MR) is 58.1 cm³/mol. The zero-order valence-corrected chi connectivity index (χ0v) is 9.34. The molecule has 1 aromatic heterocycles. The van der Waals surface area contributed by atoms with Gasteiger partial charge in [-0.25, -0.2) is 14.4 Å². The number of aromatic nitrogens is 2. The Balaban J connectivity index is 2.15. The maximum atomic E-state index is 12.9. The summed E-state index contributed by atoms with van der Waals surface area (Å²) in [5, 5.41) is 0.444. The molecule has 0 N–H and O–H groups in total. The smallest absolute Gasteiger partial charge is 0.134 e. The molecule has 0 atom stereocenters. The summed E-state index contributed by atoms with van der Waals surface area (Å²) in [7, 11) is 0. The molecule has 1 aliphatic rings. The summed E-state index contributed by atoms with van der Waals surface area (Å²) in [4.78, 5) is 10.3. The lowest BCUT2D eigenvalue weighted by Crippen LogP contribution is -2.35. The van der Waals surface area contributed by atoms with Gasteiger partial charge in [0.25, 0.3) is 0 Å². The van der Waals surface area contributed by atoms with E-state index in [9.17, 15) is 4.39 Å². The van der Waals surface area contributed by atoms with E-state index in [4.69, 9.17) is 11.6 Å². The standard InChI is InChI=1S/C10H13ClFN3/c1-7-13-9(11)6-10(14-7)15-4-2-8(12)3-5-15/h6,8H,2-5H2,1H3. The van der Waals surface area contributed by atoms with Crippen LogP contribution in [0.5, 0.6) is 0 Å². The van der Waals surface area contributed by atoms with E-state index in [2.05, 4.69) is 14.9 Å². The monoisotopic (exact) mass is 229 g/mol. The molecule has 0 bridgehead atoms. The maximum absolute atomic E-state index is 12.9. The second-order valence-corrected chi connectivity index (χ2v) is 4.15. The summed E-state index contributed by atoms with van der Waals surface area (Å²) >= 11 is 5.85. The number of rotatable bonds is 1. The molecule has 0 saturated carbocycles. The van der Waals surface area contributed by atoms with Gasteiger partial charge in [-0.1, -0.05) is 11.6 Å². The zero-order valence-electron chi connectivity index (χ0n) is 8.58. The van der Waals surface area contributed by atoms with Crippen molar-refractivity contribution in [3.63, 3.8) is 0 Å². The molecule has 0 unspecified atom stereocenters. The molecule has 2 heterocycles. The average Bonchev–Trinajstić information content (AvgIpc) is 2.17. The number of hydrogen-bond donors (Lipinski definition) is 0. The highest BCUT2D eigenvalue weighted by molar-refractivity contribution is 6.29. The van der Waals surface area contributed by atoms with Gasteiger partial charge in [-0.3, -0.25) is 0 Å². The SMILES string of the molecule is Cc1nc(Cl)cc(N2CCC(F)CC2)n1. The Morgan fingerprint density at radius 2 is 2.07 bits per heavy atom. The fraction of sp³-hybridized carbons (Fsp3) is 0.600. The van der Waals surface area contributed by atoms with Crippen molar-refractivity contribution in [3.8, 4) is 0 Å². The third-order valence-electron chi connectivity index (χ3n) is 2.54. The molecule has 0 amide bonds. The minimum Gasteiger partial charge on any atom is -0.356 e. The van der Waals surface area contributed by atoms with E-state index in [1.165, 1.54) is 0 Å². The van der Waals surface area contributed by atoms with Gasteiger partial charge in [0, 0.05) is 19.2 Å². The lowest BCUT2D eigenvalue weighted by Gasteiger charge is -2.29. The Morgan fingerprint density at radius 1 is 1.40 bits per heavy atom. The van der Waals surface area contributed by atoms with Gasteiger partial charge in [-0.15, -0.1) is 0 Å². The molecule has 1 fully saturated rings. The maximum Gasteiger partial charge on any atom is 0.134 e. The molecule has 1 aliphatic heterocycles. The topological polar surface area (TPSA) is 29.0 Å². The molecular weight excluding hydrogens is 217 g/mol. The molecule has 2 rings (SSSR count). The first-order valence-corrected chi connectivity index (χ1v) is 5.43. The first kappa shape index (κ1) is 10.6. The average molecular weight is 230 g/mol. The van der Waals surface area contributed by atoms with E-state index in [0.29, 0.717) is 36.9 Å². The van der Waals surface area contributed by atoms with Crippen molar-refractivity contribution in [3.05, 3.63) is 17.0 Å². The molecular formula is C10H13ClFN3. The van der Waals surface area contributed by atoms with Crippen LogP contribution in [-0.4, -0.2) is 29.2 Å². The minimum atomic E-state index is -0.667. The van der Waals surface area contributed by atoms with Gasteiger partial charge < -0.3 is 4.90 Å². The van der Waals surface area contributed by atoms with Gasteiger partial charge in [0.15, 0.2) is 0 Å². The zero-order chi connectivity index (χ0) is 10.8. The quantitative estimate of drug-likeness (QED) is 0.693. The Kier molecular flexibility index (Phi) is 3.05. The van der Waals surface area contributed by atoms with Crippen LogP contribution in [-0.2, 0) is 0 Å². The molecule has 0 radical (unpaired) electrons. The largest absolute Gasteiger partial charge is 0.356 e. The highest BCUT2D eigenvalue weighted by atomic mass is 35.5. The highest BCUT2D eigenvalue weighted by Crippen LogP contribution is 2.21. The number of hydrogen-bond acceptors (Lipinski definition) is 3. The molecule has 5 heteroatoms. The Labute approximate surface area is 93.3 Å². The number of piperidine rings is 1. The number of alkyl halides is 1. The number of halogens is 2. The van der Waals surface area contributed by atoms with Crippen LogP contribution in [0.25, 0.3) is 0 Å². The molecule has 0 aliphatic carbocycles. The van der Waals surface area contributed by atoms with Crippen molar-refractivity contribution >= 4 is 17.4 Å². The Bertz CT molecular complexity index is 330. The molecule has 0 spiro atoms. The summed E-state index contributed by atoms with van der Waals surface area (Å²) in [5.41, 5.74) is 0. The molecule has 1 saturated heterocycles. The fourth-order valence-electron chi connectivity index (χ4n) is 1.76. The third-order valence-corrected chi connectivity index (χ3v) is 2.74. The molecule has 82 valence electrons. The van der Waals surface area contributed by atoms with Crippen LogP contribution < -0.4 is 4.90 Å². The second kappa shape index (κ2) is 4.31. The van der Waals surface area contributed by atoms with Gasteiger partial charge in [0.1, 0.15) is 23.0 Å². The van der Waals surface area contributed by atoms with Crippen LogP contribution in [0.3, 0.4) is 0 Å². The van der Waals surface area contributed by atoms with E-state index in [1.807, 2.05) is 0 Å². The van der Waals surface area contributed by atoms with Crippen LogP contribution in [0, 0.1) is 6.92 Å². The lowest BCUT2D eigenvalue weighted by molar-refractivity contribution is 0.276. The van der Waals surface area contributed by atoms with Gasteiger partial charge in [-0.2, -0.15) is 0 Å². The van der Waals surface area contributed by atoms with E-state index >= 15 is 0 Å². The minimum absolute atomic E-state index is 0.444. The summed E-state index contributed by atoms with van der Waals surface area (Å²) < 4.78 is 12.9. The second-order valence-electron chi connectivity index (χ2n) is 3.76. The predicted octanol–water partition coefficient (Wildman–Crippen LogP) is 2.38. The van der Waals surface area contributed by atoms with Crippen molar-refractivity contribution in [2.45, 2.75) is 25.9 Å². The van der Waals surface area contributed by atoms with E-state index in [0.717, 1.165) is 5.82 Å². The number of anilines is 1. The van der Waals surface area contributed by atoms with Crippen LogP contribution in [0.2, 0.25) is 5.15 Å². The van der Waals surface area contributed by atoms with Crippen molar-refractivity contribution in [1.29, 1.82) is 0 Å². The number of nitrogens with zero attached hydrogens (tertiary/aromatic N) is 3. The molecule has 0 aromatic carbocycles. The summed E-state index contributed by atoms with van der Waals surface area (Å²) in [6.45, 7) is 3.21. The summed E-state index contributed by atoms with van der Waals surface area (Å²) in [5.74, 6) is 1.46. The van der Waals surface area contributed by atoms with Gasteiger partial charge >= 0.3 is 0 Å². The summed E-state index contributed by atoms with van der Waals surface area (Å²) in [6, 6.07) is 1.73. The third kappa shape index (κ3) is 2.56. The van der Waals surface area contributed by atoms with Crippen molar-refractivity contribution in [1.82, 2.24) is 9.97 Å². The number of aryl methyl sites for hydroxylation is 1. The Hall–Kier alpha value is -0.900. The first-order chi connectivity index (χ1) is 7.15. The normalized spacial score (nSPS) is 18.2. The van der Waals surface area contributed by atoms with E-state index < -0.39 is 6.17 Å². The fourth-order valence-corrected chi connectivity index (χ4v) is 1.98. The van der Waals surface area contributed by atoms with Crippen LogP contribution in [0.4, 0.5) is 10.2 Å². The molecule has 15 heavy (non-hydrogen) atoms. The van der Waals surface area contributed by atoms with E-state index in [-0.39, 0.29) is 0 Å². The van der Waals surface area contributed by atoms with Gasteiger partial charge in [-0.05, 0) is 19.8 Å². The van der Waals surface area contributed by atoms with Gasteiger partial charge in [0.05, 0.1) is 0 Å². The van der Waals surface area contributed by atoms with Crippen molar-refractivity contribution in [2.24, 2.45) is 0 Å². The molecule has 1 aromatic rings.